The maximum absolute atomic E-state index is 10.3. The van der Waals surface area contributed by atoms with Gasteiger partial charge in [0.1, 0.15) is 5.82 Å². The Morgan fingerprint density at radius 2 is 2.13 bits per heavy atom. The van der Waals surface area contributed by atoms with Crippen LogP contribution in [-0.4, -0.2) is 21.0 Å². The van der Waals surface area contributed by atoms with E-state index in [2.05, 4.69) is 9.97 Å². The van der Waals surface area contributed by atoms with Gasteiger partial charge in [-0.1, -0.05) is 12.1 Å². The Morgan fingerprint density at radius 1 is 1.40 bits per heavy atom. The molecule has 0 atom stereocenters. The largest absolute Gasteiger partial charge is 0.478 e. The lowest BCUT2D eigenvalue weighted by Crippen LogP contribution is -1.86. The Kier molecular flexibility index (Phi) is 3.46. The van der Waals surface area contributed by atoms with E-state index in [-0.39, 0.29) is 12.4 Å². The van der Waals surface area contributed by atoms with Crippen LogP contribution >= 0.6 is 12.4 Å². The van der Waals surface area contributed by atoms with Gasteiger partial charge in [0.15, 0.2) is 0 Å². The minimum absolute atomic E-state index is 0. The van der Waals surface area contributed by atoms with Gasteiger partial charge < -0.3 is 10.1 Å². The fourth-order valence-electron chi connectivity index (χ4n) is 1.20. The summed E-state index contributed by atoms with van der Waals surface area (Å²) < 4.78 is 0. The minimum atomic E-state index is -0.981. The van der Waals surface area contributed by atoms with Gasteiger partial charge in [0.25, 0.3) is 0 Å². The summed E-state index contributed by atoms with van der Waals surface area (Å²) in [7, 11) is 0. The van der Waals surface area contributed by atoms with Crippen molar-refractivity contribution in [1.82, 2.24) is 9.97 Å². The second kappa shape index (κ2) is 4.61. The van der Waals surface area contributed by atoms with Crippen LogP contribution in [0.2, 0.25) is 0 Å². The van der Waals surface area contributed by atoms with Crippen molar-refractivity contribution in [2.24, 2.45) is 0 Å². The summed E-state index contributed by atoms with van der Waals surface area (Å²) in [6, 6.07) is 7.53. The summed E-state index contributed by atoms with van der Waals surface area (Å²) in [4.78, 5) is 17.4. The zero-order valence-electron chi connectivity index (χ0n) is 7.68. The van der Waals surface area contributed by atoms with Crippen LogP contribution in [-0.2, 0) is 4.79 Å². The lowest BCUT2D eigenvalue weighted by atomic mass is 10.3. The van der Waals surface area contributed by atoms with Crippen molar-refractivity contribution in [3.8, 4) is 0 Å². The number of aromatic amines is 1. The van der Waals surface area contributed by atoms with Gasteiger partial charge in [-0.3, -0.25) is 0 Å². The molecular weight excluding hydrogens is 216 g/mol. The van der Waals surface area contributed by atoms with Crippen LogP contribution in [0.25, 0.3) is 17.1 Å². The van der Waals surface area contributed by atoms with E-state index in [0.717, 1.165) is 17.1 Å². The van der Waals surface area contributed by atoms with Gasteiger partial charge in [0.2, 0.25) is 0 Å². The summed E-state index contributed by atoms with van der Waals surface area (Å²) in [5.41, 5.74) is 1.73. The number of benzene rings is 1. The average Bonchev–Trinajstić information content (AvgIpc) is 2.57. The van der Waals surface area contributed by atoms with Crippen molar-refractivity contribution in [3.63, 3.8) is 0 Å². The third-order valence-corrected chi connectivity index (χ3v) is 1.79. The molecule has 1 aromatic carbocycles. The van der Waals surface area contributed by atoms with Crippen LogP contribution in [0.4, 0.5) is 0 Å². The fraction of sp³-hybridized carbons (Fsp3) is 0. The lowest BCUT2D eigenvalue weighted by Gasteiger charge is -1.81. The van der Waals surface area contributed by atoms with Gasteiger partial charge in [0.05, 0.1) is 11.0 Å². The molecule has 0 spiro atoms. The van der Waals surface area contributed by atoms with Crippen molar-refractivity contribution in [2.45, 2.75) is 0 Å². The maximum atomic E-state index is 10.3. The molecule has 2 rings (SSSR count). The van der Waals surface area contributed by atoms with Gasteiger partial charge in [-0.05, 0) is 18.2 Å². The molecule has 0 radical (unpaired) electrons. The third kappa shape index (κ3) is 2.57. The Morgan fingerprint density at radius 3 is 2.80 bits per heavy atom. The second-order valence-corrected chi connectivity index (χ2v) is 2.81. The Balaban J connectivity index is 0.00000112. The molecular formula is C10H9ClN2O2. The highest BCUT2D eigenvalue weighted by atomic mass is 35.5. The number of carboxylic acid groups (broad SMARTS) is 1. The Hall–Kier alpha value is -1.81. The van der Waals surface area contributed by atoms with E-state index in [0.29, 0.717) is 5.82 Å². The molecule has 78 valence electrons. The molecule has 0 amide bonds. The summed E-state index contributed by atoms with van der Waals surface area (Å²) >= 11 is 0. The number of hydrogen-bond acceptors (Lipinski definition) is 2. The molecule has 0 aliphatic heterocycles. The summed E-state index contributed by atoms with van der Waals surface area (Å²) in [6.07, 6.45) is 2.49. The summed E-state index contributed by atoms with van der Waals surface area (Å²) in [5.74, 6) is -0.431. The molecule has 1 aromatic heterocycles. The molecule has 0 saturated heterocycles. The number of nitrogens with zero attached hydrogens (tertiary/aromatic N) is 1. The number of carbonyl (C=O) groups is 1. The molecule has 0 fully saturated rings. The van der Waals surface area contributed by atoms with Crippen molar-refractivity contribution >= 4 is 35.5 Å². The number of nitrogens with one attached hydrogen (secondary N) is 1. The van der Waals surface area contributed by atoms with E-state index in [4.69, 9.17) is 5.11 Å². The molecule has 15 heavy (non-hydrogen) atoms. The molecule has 2 N–H and O–H groups in total. The Bertz CT molecular complexity index is 472. The van der Waals surface area contributed by atoms with Gasteiger partial charge in [-0.2, -0.15) is 0 Å². The number of hydrogen-bond donors (Lipinski definition) is 2. The number of carboxylic acids is 1. The number of halogens is 1. The SMILES string of the molecule is Cl.O=C(O)C=Cc1nc2ccccc2[nH]1. The van der Waals surface area contributed by atoms with E-state index < -0.39 is 5.97 Å². The molecule has 1 heterocycles. The van der Waals surface area contributed by atoms with Crippen molar-refractivity contribution in [1.29, 1.82) is 0 Å². The number of H-pyrrole nitrogens is 1. The van der Waals surface area contributed by atoms with Crippen LogP contribution in [0.3, 0.4) is 0 Å². The first kappa shape index (κ1) is 11.3. The average molecular weight is 225 g/mol. The van der Waals surface area contributed by atoms with E-state index in [1.54, 1.807) is 0 Å². The number of para-hydroxylation sites is 2. The van der Waals surface area contributed by atoms with E-state index in [1.165, 1.54) is 6.08 Å². The summed E-state index contributed by atoms with van der Waals surface area (Å²) in [6.45, 7) is 0. The van der Waals surface area contributed by atoms with Crippen LogP contribution < -0.4 is 0 Å². The fourth-order valence-corrected chi connectivity index (χ4v) is 1.20. The van der Waals surface area contributed by atoms with Gasteiger partial charge >= 0.3 is 5.97 Å². The molecule has 2 aromatic rings. The molecule has 4 nitrogen and oxygen atoms in total. The topological polar surface area (TPSA) is 66.0 Å². The van der Waals surface area contributed by atoms with Crippen molar-refractivity contribution < 1.29 is 9.90 Å². The molecule has 0 aliphatic carbocycles. The molecule has 0 bridgehead atoms. The van der Waals surface area contributed by atoms with Gasteiger partial charge in [-0.25, -0.2) is 9.78 Å². The highest BCUT2D eigenvalue weighted by molar-refractivity contribution is 5.86. The Labute approximate surface area is 92.1 Å². The highest BCUT2D eigenvalue weighted by Crippen LogP contribution is 2.10. The van der Waals surface area contributed by atoms with E-state index >= 15 is 0 Å². The first-order valence-electron chi connectivity index (χ1n) is 4.11. The monoisotopic (exact) mass is 224 g/mol. The zero-order valence-corrected chi connectivity index (χ0v) is 8.49. The van der Waals surface area contributed by atoms with Crippen molar-refractivity contribution in [3.05, 3.63) is 36.2 Å². The smallest absolute Gasteiger partial charge is 0.328 e. The second-order valence-electron chi connectivity index (χ2n) is 2.81. The number of aromatic nitrogens is 2. The third-order valence-electron chi connectivity index (χ3n) is 1.79. The quantitative estimate of drug-likeness (QED) is 0.768. The van der Waals surface area contributed by atoms with E-state index in [1.807, 2.05) is 24.3 Å². The van der Waals surface area contributed by atoms with Crippen LogP contribution in [0.15, 0.2) is 30.3 Å². The predicted molar refractivity (Wildman–Crippen MR) is 60.0 cm³/mol. The number of fused-ring (bicyclic) bond motifs is 1. The first-order chi connectivity index (χ1) is 6.75. The normalized spacial score (nSPS) is 10.4. The molecule has 5 heteroatoms. The lowest BCUT2D eigenvalue weighted by molar-refractivity contribution is -0.131. The predicted octanol–water partition coefficient (Wildman–Crippen LogP) is 2.08. The maximum Gasteiger partial charge on any atom is 0.328 e. The van der Waals surface area contributed by atoms with Gasteiger partial charge in [-0.15, -0.1) is 12.4 Å². The van der Waals surface area contributed by atoms with Crippen molar-refractivity contribution in [2.75, 3.05) is 0 Å². The van der Waals surface area contributed by atoms with Crippen LogP contribution in [0.1, 0.15) is 5.82 Å². The van der Waals surface area contributed by atoms with Gasteiger partial charge in [0, 0.05) is 6.08 Å². The molecule has 0 saturated carbocycles. The zero-order chi connectivity index (χ0) is 9.97. The van der Waals surface area contributed by atoms with Crippen LogP contribution in [0, 0.1) is 0 Å². The van der Waals surface area contributed by atoms with Crippen LogP contribution in [0.5, 0.6) is 0 Å². The number of aliphatic carboxylic acids is 1. The molecule has 0 unspecified atom stereocenters. The number of imidazole rings is 1. The first-order valence-corrected chi connectivity index (χ1v) is 4.11. The standard InChI is InChI=1S/C10H8N2O2.ClH/c13-10(14)6-5-9-11-7-3-1-2-4-8(7)12-9;/h1-6H,(H,11,12)(H,13,14);1H. The van der Waals surface area contributed by atoms with E-state index in [9.17, 15) is 4.79 Å². The molecule has 0 aliphatic rings. The highest BCUT2D eigenvalue weighted by Gasteiger charge is 1.98. The number of rotatable bonds is 2. The summed E-state index contributed by atoms with van der Waals surface area (Å²) in [5, 5.41) is 8.42. The minimum Gasteiger partial charge on any atom is -0.478 e.